The number of rotatable bonds is 10. The molecule has 4 aromatic heterocycles. The first kappa shape index (κ1) is 71.4. The van der Waals surface area contributed by atoms with Crippen LogP contribution in [0.4, 0.5) is 0 Å². The van der Waals surface area contributed by atoms with E-state index in [2.05, 4.69) is 425 Å². The highest BCUT2D eigenvalue weighted by molar-refractivity contribution is 6.27. The minimum Gasteiger partial charge on any atom is -0.247 e. The summed E-state index contributed by atoms with van der Waals surface area (Å²) < 4.78 is 0. The van der Waals surface area contributed by atoms with E-state index in [1.54, 1.807) is 0 Å². The number of fused-ring (bicyclic) bond motifs is 19. The van der Waals surface area contributed by atoms with Crippen molar-refractivity contribution < 1.29 is 0 Å². The molecular formula is C116H70N8. The van der Waals surface area contributed by atoms with Gasteiger partial charge in [-0.3, -0.25) is 0 Å². The van der Waals surface area contributed by atoms with Crippen LogP contribution in [0.2, 0.25) is 0 Å². The van der Waals surface area contributed by atoms with Gasteiger partial charge in [0.25, 0.3) is 0 Å². The van der Waals surface area contributed by atoms with Gasteiger partial charge in [-0.25, -0.2) is 39.9 Å². The van der Waals surface area contributed by atoms with Crippen molar-refractivity contribution in [3.8, 4) is 113 Å². The lowest BCUT2D eigenvalue weighted by Gasteiger charge is -2.16. The van der Waals surface area contributed by atoms with E-state index in [1.807, 2.05) is 0 Å². The van der Waals surface area contributed by atoms with Crippen molar-refractivity contribution in [2.45, 2.75) is 0 Å². The van der Waals surface area contributed by atoms with Crippen LogP contribution in [0.25, 0.3) is 253 Å². The lowest BCUT2D eigenvalue weighted by molar-refractivity contribution is 1.08. The largest absolute Gasteiger partial charge is 0.247 e. The second-order valence-electron chi connectivity index (χ2n) is 31.9. The molecule has 0 amide bonds. The zero-order chi connectivity index (χ0) is 81.7. The van der Waals surface area contributed by atoms with Crippen LogP contribution < -0.4 is 0 Å². The standard InChI is InChI=1S/C60H36N4.C56H34N4/c1-2-15-37(16-3-1)46-27-14-28-54-56(46)55-45-22-9-4-17-38(45)33-34-51(55)57(61-54)39-29-31-40(32-30-39)58-62-59(52-35-41-18-5-7-20-43(41)47-23-10-12-25-49(47)52)64-60(63-58)53-36-42-19-6-8-21-44(42)48-24-11-13-26-50(48)53;1-5-19-42-35(12-1)16-9-23-45(42)41-31-33-51-50(34-41)52-46-22-8-4-15-38(46)30-32-49(52)53(57-51)39-26-28-40(29-27-39)54-58-55(47-24-10-17-36-13-2-6-20-43(36)47)60-56(59-54)48-25-11-18-37-14-3-7-21-44(37)48/h1-36H;1-34H. The number of benzene rings is 21. The minimum atomic E-state index is 0.607. The number of hydrogen-bond donors (Lipinski definition) is 0. The zero-order valence-electron chi connectivity index (χ0n) is 67.0. The van der Waals surface area contributed by atoms with Crippen LogP contribution in [0, 0.1) is 0 Å². The van der Waals surface area contributed by atoms with Crippen LogP contribution in [-0.4, -0.2) is 39.9 Å². The highest BCUT2D eigenvalue weighted by Crippen LogP contribution is 2.46. The van der Waals surface area contributed by atoms with E-state index in [0.717, 1.165) is 132 Å². The van der Waals surface area contributed by atoms with Crippen molar-refractivity contribution in [1.82, 2.24) is 39.9 Å². The lowest BCUT2D eigenvalue weighted by Crippen LogP contribution is -2.01. The van der Waals surface area contributed by atoms with Crippen LogP contribution in [0.3, 0.4) is 0 Å². The summed E-state index contributed by atoms with van der Waals surface area (Å²) in [6.45, 7) is 0. The van der Waals surface area contributed by atoms with Crippen molar-refractivity contribution in [2.24, 2.45) is 0 Å². The summed E-state index contributed by atoms with van der Waals surface area (Å²) in [5.74, 6) is 3.76. The van der Waals surface area contributed by atoms with Gasteiger partial charge >= 0.3 is 0 Å². The first-order chi connectivity index (χ1) is 61.5. The Morgan fingerprint density at radius 3 is 0.944 bits per heavy atom. The Morgan fingerprint density at radius 1 is 0.121 bits per heavy atom. The predicted molar refractivity (Wildman–Crippen MR) is 517 cm³/mol. The van der Waals surface area contributed by atoms with Crippen LogP contribution in [0.5, 0.6) is 0 Å². The average Bonchev–Trinajstić information content (AvgIpc) is 0.733. The van der Waals surface area contributed by atoms with Crippen molar-refractivity contribution in [3.05, 3.63) is 425 Å². The normalized spacial score (nSPS) is 11.7. The molecule has 4 heterocycles. The Hall–Kier alpha value is -16.7. The molecule has 21 aromatic carbocycles. The molecule has 25 aromatic rings. The lowest BCUT2D eigenvalue weighted by atomic mass is 9.91. The van der Waals surface area contributed by atoms with E-state index >= 15 is 0 Å². The Morgan fingerprint density at radius 2 is 0.452 bits per heavy atom. The Bertz CT molecular complexity index is 8440. The zero-order valence-corrected chi connectivity index (χ0v) is 67.0. The fourth-order valence-electron chi connectivity index (χ4n) is 18.9. The Kier molecular flexibility index (Phi) is 17.1. The quantitative estimate of drug-likeness (QED) is 0.125. The van der Waals surface area contributed by atoms with Crippen LogP contribution in [-0.2, 0) is 0 Å². The van der Waals surface area contributed by atoms with E-state index in [0.29, 0.717) is 34.9 Å². The fraction of sp³-hybridized carbons (Fsp3) is 0. The van der Waals surface area contributed by atoms with Gasteiger partial charge in [-0.2, -0.15) is 0 Å². The highest BCUT2D eigenvalue weighted by Gasteiger charge is 2.24. The van der Waals surface area contributed by atoms with Gasteiger partial charge in [0, 0.05) is 76.8 Å². The van der Waals surface area contributed by atoms with Crippen molar-refractivity contribution >= 4 is 140 Å². The highest BCUT2D eigenvalue weighted by atomic mass is 15.0. The van der Waals surface area contributed by atoms with Crippen LogP contribution >= 0.6 is 0 Å². The summed E-state index contributed by atoms with van der Waals surface area (Å²) in [6.07, 6.45) is 0. The molecule has 0 saturated carbocycles. The Labute approximate surface area is 713 Å². The van der Waals surface area contributed by atoms with Gasteiger partial charge in [-0.05, 0) is 150 Å². The van der Waals surface area contributed by atoms with Gasteiger partial charge in [-0.15, -0.1) is 0 Å². The summed E-state index contributed by atoms with van der Waals surface area (Å²) in [4.78, 5) is 42.4. The van der Waals surface area contributed by atoms with E-state index in [4.69, 9.17) is 39.9 Å². The third-order valence-corrected chi connectivity index (χ3v) is 24.8. The van der Waals surface area contributed by atoms with Crippen molar-refractivity contribution in [1.29, 1.82) is 0 Å². The van der Waals surface area contributed by atoms with E-state index < -0.39 is 0 Å². The number of nitrogens with zero attached hydrogens (tertiary/aromatic N) is 8. The van der Waals surface area contributed by atoms with E-state index in [9.17, 15) is 0 Å². The van der Waals surface area contributed by atoms with Gasteiger partial charge in [0.05, 0.1) is 22.4 Å². The molecule has 0 bridgehead atoms. The second-order valence-corrected chi connectivity index (χ2v) is 31.9. The van der Waals surface area contributed by atoms with Gasteiger partial charge in [0.1, 0.15) is 0 Å². The molecule has 0 saturated heterocycles. The molecule has 0 aliphatic carbocycles. The summed E-state index contributed by atoms with van der Waals surface area (Å²) in [6, 6.07) is 150. The molecule has 574 valence electrons. The number of pyridine rings is 2. The molecule has 0 N–H and O–H groups in total. The number of aromatic nitrogens is 8. The molecule has 25 rings (SSSR count). The summed E-state index contributed by atoms with van der Waals surface area (Å²) >= 11 is 0. The molecule has 0 spiro atoms. The van der Waals surface area contributed by atoms with Crippen LogP contribution in [0.1, 0.15) is 0 Å². The predicted octanol–water partition coefficient (Wildman–Crippen LogP) is 30.2. The molecule has 0 aliphatic rings. The number of hydrogen-bond acceptors (Lipinski definition) is 8. The molecule has 0 unspecified atom stereocenters. The maximum absolute atomic E-state index is 5.44. The molecule has 0 atom stereocenters. The van der Waals surface area contributed by atoms with Crippen molar-refractivity contribution in [3.63, 3.8) is 0 Å². The minimum absolute atomic E-state index is 0.607. The van der Waals surface area contributed by atoms with Crippen LogP contribution in [0.15, 0.2) is 425 Å². The third-order valence-electron chi connectivity index (χ3n) is 24.8. The maximum atomic E-state index is 5.44. The first-order valence-corrected chi connectivity index (χ1v) is 42.0. The summed E-state index contributed by atoms with van der Waals surface area (Å²) in [5, 5.41) is 27.9. The third kappa shape index (κ3) is 12.3. The van der Waals surface area contributed by atoms with Gasteiger partial charge in [-0.1, -0.05) is 394 Å². The molecule has 0 fully saturated rings. The van der Waals surface area contributed by atoms with E-state index in [-0.39, 0.29) is 0 Å². The first-order valence-electron chi connectivity index (χ1n) is 42.0. The molecular weight excluding hydrogens is 1510 g/mol. The van der Waals surface area contributed by atoms with Gasteiger partial charge in [0.2, 0.25) is 0 Å². The smallest absolute Gasteiger partial charge is 0.164 e. The van der Waals surface area contributed by atoms with Gasteiger partial charge < -0.3 is 0 Å². The molecule has 124 heavy (non-hydrogen) atoms. The molecule has 0 aliphatic heterocycles. The van der Waals surface area contributed by atoms with Crippen molar-refractivity contribution in [2.75, 3.05) is 0 Å². The molecule has 0 radical (unpaired) electrons. The molecule has 8 nitrogen and oxygen atoms in total. The maximum Gasteiger partial charge on any atom is 0.164 e. The fourth-order valence-corrected chi connectivity index (χ4v) is 18.9. The average molecular weight is 1580 g/mol. The SMILES string of the molecule is c1ccc(-c2cccc3nc(-c4ccc(-c5nc(-c6cc7ccccc7c7ccccc67)nc(-c6cc7ccccc7c7ccccc67)n5)cc4)c4ccc5ccccc5c4c23)cc1.c1ccc2c(-c3ccc4nc(-c5ccc(-c6nc(-c7cccc8ccccc78)nc(-c7cccc8ccccc78)n6)cc5)c5ccc6ccccc6c5c4c3)cccc2c1. The summed E-state index contributed by atoms with van der Waals surface area (Å²) in [5.41, 5.74) is 16.3. The van der Waals surface area contributed by atoms with E-state index in [1.165, 1.54) is 86.9 Å². The molecule has 8 heteroatoms. The topological polar surface area (TPSA) is 103 Å². The summed E-state index contributed by atoms with van der Waals surface area (Å²) in [7, 11) is 0. The Balaban J connectivity index is 0.000000140. The second kappa shape index (κ2) is 29.7. The van der Waals surface area contributed by atoms with Gasteiger partial charge in [0.15, 0.2) is 34.9 Å². The monoisotopic (exact) mass is 1570 g/mol.